The van der Waals surface area contributed by atoms with Crippen LogP contribution in [0.25, 0.3) is 11.1 Å². The molecular weight excluding hydrogens is 306 g/mol. The van der Waals surface area contributed by atoms with Gasteiger partial charge < -0.3 is 10.1 Å². The molecular formula is C18H17N3O3. The van der Waals surface area contributed by atoms with Crippen LogP contribution in [0.15, 0.2) is 47.8 Å². The normalized spacial score (nSPS) is 10.8. The van der Waals surface area contributed by atoms with Crippen LogP contribution in [-0.4, -0.2) is 25.5 Å². The van der Waals surface area contributed by atoms with Gasteiger partial charge in [0.25, 0.3) is 11.5 Å². The van der Waals surface area contributed by atoms with Crippen molar-refractivity contribution in [2.24, 2.45) is 0 Å². The van der Waals surface area contributed by atoms with Crippen LogP contribution in [0.1, 0.15) is 28.5 Å². The third-order valence-corrected chi connectivity index (χ3v) is 3.90. The van der Waals surface area contributed by atoms with Crippen molar-refractivity contribution in [3.63, 3.8) is 0 Å². The standard InChI is InChI=1S/C18H17N3O3/c1-3-12-7-16(11(2)20-17(12)23)13-6-14(9-19-8-13)18(24)21-5-4-15(22)10-21/h4-10,22H,3H2,1-2H3,(H,20,23). The Bertz CT molecular complexity index is 970. The molecule has 0 aliphatic carbocycles. The first-order valence-electron chi connectivity index (χ1n) is 7.59. The summed E-state index contributed by atoms with van der Waals surface area (Å²) in [6.07, 6.45) is 6.59. The number of pyridine rings is 2. The molecule has 0 bridgehead atoms. The molecule has 3 heterocycles. The number of carbonyl (C=O) groups is 1. The highest BCUT2D eigenvalue weighted by atomic mass is 16.3. The first kappa shape index (κ1) is 15.7. The maximum Gasteiger partial charge on any atom is 0.263 e. The highest BCUT2D eigenvalue weighted by molar-refractivity contribution is 5.97. The van der Waals surface area contributed by atoms with Crippen LogP contribution >= 0.6 is 0 Å². The van der Waals surface area contributed by atoms with Crippen LogP contribution in [0.2, 0.25) is 0 Å². The predicted molar refractivity (Wildman–Crippen MR) is 90.2 cm³/mol. The highest BCUT2D eigenvalue weighted by Crippen LogP contribution is 2.23. The van der Waals surface area contributed by atoms with E-state index >= 15 is 0 Å². The summed E-state index contributed by atoms with van der Waals surface area (Å²) in [5, 5.41) is 9.38. The third-order valence-electron chi connectivity index (χ3n) is 3.90. The minimum absolute atomic E-state index is 0.0246. The van der Waals surface area contributed by atoms with E-state index in [9.17, 15) is 14.7 Å². The minimum atomic E-state index is -0.289. The van der Waals surface area contributed by atoms with Gasteiger partial charge in [0.05, 0.1) is 11.8 Å². The molecule has 3 aromatic heterocycles. The quantitative estimate of drug-likeness (QED) is 0.775. The number of aryl methyl sites for hydroxylation is 2. The van der Waals surface area contributed by atoms with Crippen LogP contribution in [0.5, 0.6) is 5.75 Å². The van der Waals surface area contributed by atoms with Crippen molar-refractivity contribution in [1.82, 2.24) is 14.5 Å². The summed E-state index contributed by atoms with van der Waals surface area (Å²) in [7, 11) is 0. The van der Waals surface area contributed by atoms with Crippen molar-refractivity contribution in [3.05, 3.63) is 70.2 Å². The maximum atomic E-state index is 12.5. The fraction of sp³-hybridized carbons (Fsp3) is 0.167. The van der Waals surface area contributed by atoms with Crippen LogP contribution in [0, 0.1) is 6.92 Å². The first-order chi connectivity index (χ1) is 11.5. The molecule has 3 rings (SSSR count). The molecule has 0 spiro atoms. The molecule has 0 saturated carbocycles. The molecule has 0 fully saturated rings. The van der Waals surface area contributed by atoms with Gasteiger partial charge in [-0.1, -0.05) is 6.92 Å². The van der Waals surface area contributed by atoms with Crippen molar-refractivity contribution in [3.8, 4) is 16.9 Å². The molecule has 0 aromatic carbocycles. The predicted octanol–water partition coefficient (Wildman–Crippen LogP) is 2.50. The van der Waals surface area contributed by atoms with Crippen molar-refractivity contribution in [2.45, 2.75) is 20.3 Å². The lowest BCUT2D eigenvalue weighted by Gasteiger charge is -2.09. The Morgan fingerprint density at radius 2 is 2.12 bits per heavy atom. The summed E-state index contributed by atoms with van der Waals surface area (Å²) in [4.78, 5) is 31.3. The van der Waals surface area contributed by atoms with Gasteiger partial charge in [-0.25, -0.2) is 0 Å². The Morgan fingerprint density at radius 3 is 2.79 bits per heavy atom. The fourth-order valence-electron chi connectivity index (χ4n) is 2.59. The van der Waals surface area contributed by atoms with Crippen LogP contribution in [0.4, 0.5) is 0 Å². The van der Waals surface area contributed by atoms with Crippen molar-refractivity contribution in [1.29, 1.82) is 0 Å². The Hall–Kier alpha value is -3.15. The van der Waals surface area contributed by atoms with E-state index in [1.807, 2.05) is 19.9 Å². The van der Waals surface area contributed by atoms with Gasteiger partial charge in [-0.2, -0.15) is 0 Å². The topological polar surface area (TPSA) is 88.0 Å². The van der Waals surface area contributed by atoms with E-state index in [4.69, 9.17) is 0 Å². The molecule has 0 aliphatic heterocycles. The largest absolute Gasteiger partial charge is 0.506 e. The fourth-order valence-corrected chi connectivity index (χ4v) is 2.59. The van der Waals surface area contributed by atoms with Gasteiger partial charge >= 0.3 is 0 Å². The maximum absolute atomic E-state index is 12.5. The van der Waals surface area contributed by atoms with Gasteiger partial charge in [0.15, 0.2) is 0 Å². The molecule has 6 nitrogen and oxygen atoms in total. The lowest BCUT2D eigenvalue weighted by molar-refractivity contribution is 0.0959. The SMILES string of the molecule is CCc1cc(-c2cncc(C(=O)n3ccc(O)c3)c2)c(C)[nH]c1=O. The second kappa shape index (κ2) is 6.16. The van der Waals surface area contributed by atoms with E-state index in [0.717, 1.165) is 16.8 Å². The number of rotatable bonds is 3. The van der Waals surface area contributed by atoms with Crippen LogP contribution in [0.3, 0.4) is 0 Å². The van der Waals surface area contributed by atoms with E-state index in [-0.39, 0.29) is 17.2 Å². The molecule has 122 valence electrons. The average molecular weight is 323 g/mol. The first-order valence-corrected chi connectivity index (χ1v) is 7.59. The molecule has 0 saturated heterocycles. The molecule has 0 aliphatic rings. The van der Waals surface area contributed by atoms with Crippen molar-refractivity contribution < 1.29 is 9.90 Å². The van der Waals surface area contributed by atoms with E-state index in [1.165, 1.54) is 29.2 Å². The van der Waals surface area contributed by atoms with Gasteiger partial charge in [0.1, 0.15) is 5.75 Å². The molecule has 3 aromatic rings. The van der Waals surface area contributed by atoms with Gasteiger partial charge in [-0.3, -0.25) is 19.1 Å². The highest BCUT2D eigenvalue weighted by Gasteiger charge is 2.13. The molecule has 0 atom stereocenters. The van der Waals surface area contributed by atoms with E-state index in [2.05, 4.69) is 9.97 Å². The summed E-state index contributed by atoms with van der Waals surface area (Å²) in [6.45, 7) is 3.73. The number of nitrogens with one attached hydrogen (secondary N) is 1. The van der Waals surface area contributed by atoms with Gasteiger partial charge in [0.2, 0.25) is 0 Å². The number of nitrogens with zero attached hydrogens (tertiary/aromatic N) is 2. The van der Waals surface area contributed by atoms with Crippen LogP contribution < -0.4 is 5.56 Å². The Balaban J connectivity index is 2.05. The average Bonchev–Trinajstić information content (AvgIpc) is 3.01. The summed E-state index contributed by atoms with van der Waals surface area (Å²) >= 11 is 0. The van der Waals surface area contributed by atoms with Gasteiger partial charge in [-0.05, 0) is 31.5 Å². The monoisotopic (exact) mass is 323 g/mol. The summed E-state index contributed by atoms with van der Waals surface area (Å²) < 4.78 is 1.30. The molecule has 0 unspecified atom stereocenters. The third kappa shape index (κ3) is 2.86. The van der Waals surface area contributed by atoms with E-state index in [1.54, 1.807) is 12.3 Å². The number of carbonyl (C=O) groups excluding carboxylic acids is 1. The van der Waals surface area contributed by atoms with Gasteiger partial charge in [-0.15, -0.1) is 0 Å². The lowest BCUT2D eigenvalue weighted by atomic mass is 10.0. The number of aromatic hydroxyl groups is 1. The zero-order valence-corrected chi connectivity index (χ0v) is 13.4. The number of aromatic nitrogens is 3. The lowest BCUT2D eigenvalue weighted by Crippen LogP contribution is -2.14. The van der Waals surface area contributed by atoms with Crippen molar-refractivity contribution >= 4 is 5.91 Å². The smallest absolute Gasteiger partial charge is 0.263 e. The second-order valence-electron chi connectivity index (χ2n) is 5.56. The van der Waals surface area contributed by atoms with E-state index in [0.29, 0.717) is 17.5 Å². The molecule has 0 radical (unpaired) electrons. The number of hydrogen-bond acceptors (Lipinski definition) is 4. The summed E-state index contributed by atoms with van der Waals surface area (Å²) in [6, 6.07) is 5.00. The Morgan fingerprint density at radius 1 is 1.33 bits per heavy atom. The zero-order valence-electron chi connectivity index (χ0n) is 13.4. The molecule has 6 heteroatoms. The van der Waals surface area contributed by atoms with Gasteiger partial charge in [0, 0.05) is 41.0 Å². The Kier molecular flexibility index (Phi) is 4.04. The molecule has 24 heavy (non-hydrogen) atoms. The number of hydrogen-bond donors (Lipinski definition) is 2. The second-order valence-corrected chi connectivity index (χ2v) is 5.56. The van der Waals surface area contributed by atoms with Crippen LogP contribution in [-0.2, 0) is 6.42 Å². The van der Waals surface area contributed by atoms with E-state index < -0.39 is 0 Å². The Labute approximate surface area is 138 Å². The zero-order chi connectivity index (χ0) is 17.3. The summed E-state index contributed by atoms with van der Waals surface area (Å²) in [5.74, 6) is -0.265. The van der Waals surface area contributed by atoms with Crippen molar-refractivity contribution in [2.75, 3.05) is 0 Å². The number of aromatic amines is 1. The minimum Gasteiger partial charge on any atom is -0.506 e. The molecule has 2 N–H and O–H groups in total. The molecule has 0 amide bonds. The summed E-state index contributed by atoms with van der Waals surface area (Å²) in [5.41, 5.74) is 3.29. The number of H-pyrrole nitrogens is 1.